The SMILES string of the molecule is CN=C(NCCCn1cccn1)NCC1CCN(CCc2ccccc2)C1.I. The molecule has 154 valence electrons. The van der Waals surface area contributed by atoms with Gasteiger partial charge in [0.1, 0.15) is 0 Å². The fourth-order valence-corrected chi connectivity index (χ4v) is 3.56. The minimum absolute atomic E-state index is 0. The van der Waals surface area contributed by atoms with Crippen molar-refractivity contribution in [3.63, 3.8) is 0 Å². The summed E-state index contributed by atoms with van der Waals surface area (Å²) in [7, 11) is 1.84. The Bertz CT molecular complexity index is 673. The molecule has 3 rings (SSSR count). The zero-order chi connectivity index (χ0) is 18.7. The first-order chi connectivity index (χ1) is 13.3. The van der Waals surface area contributed by atoms with Crippen molar-refractivity contribution in [3.05, 3.63) is 54.4 Å². The Labute approximate surface area is 185 Å². The van der Waals surface area contributed by atoms with Crippen LogP contribution in [0.2, 0.25) is 0 Å². The summed E-state index contributed by atoms with van der Waals surface area (Å²) in [5.74, 6) is 1.60. The van der Waals surface area contributed by atoms with E-state index < -0.39 is 0 Å². The minimum Gasteiger partial charge on any atom is -0.356 e. The van der Waals surface area contributed by atoms with Crippen LogP contribution in [-0.2, 0) is 13.0 Å². The first-order valence-corrected chi connectivity index (χ1v) is 10.0. The van der Waals surface area contributed by atoms with Crippen molar-refractivity contribution in [3.8, 4) is 0 Å². The first-order valence-electron chi connectivity index (χ1n) is 10.0. The predicted molar refractivity (Wildman–Crippen MR) is 126 cm³/mol. The van der Waals surface area contributed by atoms with Crippen LogP contribution >= 0.6 is 24.0 Å². The summed E-state index contributed by atoms with van der Waals surface area (Å²) in [5, 5.41) is 11.1. The molecule has 1 aromatic heterocycles. The largest absolute Gasteiger partial charge is 0.356 e. The number of rotatable bonds is 9. The first kappa shape index (κ1) is 22.7. The molecule has 0 saturated carbocycles. The van der Waals surface area contributed by atoms with Crippen LogP contribution in [0.4, 0.5) is 0 Å². The average molecular weight is 496 g/mol. The topological polar surface area (TPSA) is 57.5 Å². The Hall–Kier alpha value is -1.61. The summed E-state index contributed by atoms with van der Waals surface area (Å²) in [5.41, 5.74) is 1.43. The Morgan fingerprint density at radius 3 is 2.79 bits per heavy atom. The van der Waals surface area contributed by atoms with E-state index in [4.69, 9.17) is 0 Å². The molecule has 6 nitrogen and oxygen atoms in total. The van der Waals surface area contributed by atoms with Gasteiger partial charge in [-0.15, -0.1) is 24.0 Å². The number of guanidine groups is 1. The number of nitrogens with one attached hydrogen (secondary N) is 2. The van der Waals surface area contributed by atoms with Gasteiger partial charge in [0.25, 0.3) is 0 Å². The van der Waals surface area contributed by atoms with Gasteiger partial charge in [-0.2, -0.15) is 5.10 Å². The number of likely N-dealkylation sites (tertiary alicyclic amines) is 1. The molecular formula is C21H33IN6. The molecule has 28 heavy (non-hydrogen) atoms. The molecule has 0 aliphatic carbocycles. The summed E-state index contributed by atoms with van der Waals surface area (Å²) < 4.78 is 1.96. The summed E-state index contributed by atoms with van der Waals surface area (Å²) in [6.07, 6.45) is 7.24. The monoisotopic (exact) mass is 496 g/mol. The number of aliphatic imine (C=N–C) groups is 1. The van der Waals surface area contributed by atoms with Gasteiger partial charge in [0.15, 0.2) is 5.96 Å². The Morgan fingerprint density at radius 1 is 1.18 bits per heavy atom. The number of nitrogens with zero attached hydrogens (tertiary/aromatic N) is 4. The van der Waals surface area contributed by atoms with E-state index in [0.29, 0.717) is 5.92 Å². The molecule has 2 N–H and O–H groups in total. The van der Waals surface area contributed by atoms with E-state index in [1.807, 2.05) is 30.2 Å². The molecule has 7 heteroatoms. The minimum atomic E-state index is 0. The van der Waals surface area contributed by atoms with Crippen LogP contribution in [-0.4, -0.2) is 60.4 Å². The Morgan fingerprint density at radius 2 is 2.04 bits per heavy atom. The van der Waals surface area contributed by atoms with Crippen molar-refractivity contribution in [1.29, 1.82) is 0 Å². The molecule has 1 saturated heterocycles. The van der Waals surface area contributed by atoms with E-state index in [-0.39, 0.29) is 24.0 Å². The molecule has 0 spiro atoms. The summed E-state index contributed by atoms with van der Waals surface area (Å²) in [4.78, 5) is 6.92. The molecule has 1 aliphatic rings. The van der Waals surface area contributed by atoms with Gasteiger partial charge in [-0.1, -0.05) is 30.3 Å². The average Bonchev–Trinajstić information content (AvgIpc) is 3.38. The molecule has 0 radical (unpaired) electrons. The van der Waals surface area contributed by atoms with Gasteiger partial charge in [-0.3, -0.25) is 9.67 Å². The lowest BCUT2D eigenvalue weighted by Gasteiger charge is -2.17. The lowest BCUT2D eigenvalue weighted by Crippen LogP contribution is -2.40. The highest BCUT2D eigenvalue weighted by Gasteiger charge is 2.22. The van der Waals surface area contributed by atoms with Gasteiger partial charge in [-0.05, 0) is 43.4 Å². The van der Waals surface area contributed by atoms with Crippen molar-refractivity contribution in [2.24, 2.45) is 10.9 Å². The van der Waals surface area contributed by atoms with Crippen LogP contribution < -0.4 is 10.6 Å². The number of aromatic nitrogens is 2. The normalized spacial score (nSPS) is 17.3. The number of benzene rings is 1. The van der Waals surface area contributed by atoms with Crippen LogP contribution in [0.1, 0.15) is 18.4 Å². The number of halogens is 1. The van der Waals surface area contributed by atoms with Gasteiger partial charge in [0.2, 0.25) is 0 Å². The van der Waals surface area contributed by atoms with Crippen molar-refractivity contribution in [1.82, 2.24) is 25.3 Å². The molecule has 1 unspecified atom stereocenters. The standard InChI is InChI=1S/C21H32N6.HI/c1-22-21(23-11-5-13-27-14-6-12-25-27)24-17-20-10-16-26(18-20)15-9-19-7-3-2-4-8-19;/h2-4,6-8,12,14,20H,5,9-11,13,15-18H2,1H3,(H2,22,23,24);1H. The summed E-state index contributed by atoms with van der Waals surface area (Å²) in [6, 6.07) is 12.7. The van der Waals surface area contributed by atoms with Crippen LogP contribution in [0.25, 0.3) is 0 Å². The molecule has 2 aromatic rings. The maximum atomic E-state index is 4.34. The molecule has 0 amide bonds. The van der Waals surface area contributed by atoms with E-state index in [9.17, 15) is 0 Å². The van der Waals surface area contributed by atoms with Gasteiger partial charge in [0, 0.05) is 52.2 Å². The summed E-state index contributed by atoms with van der Waals surface area (Å²) >= 11 is 0. The third-order valence-corrected chi connectivity index (χ3v) is 5.13. The van der Waals surface area contributed by atoms with Gasteiger partial charge < -0.3 is 15.5 Å². The van der Waals surface area contributed by atoms with Crippen LogP contribution in [0.15, 0.2) is 53.8 Å². The Kier molecular flexibility index (Phi) is 10.3. The van der Waals surface area contributed by atoms with E-state index >= 15 is 0 Å². The smallest absolute Gasteiger partial charge is 0.190 e. The predicted octanol–water partition coefficient (Wildman–Crippen LogP) is 2.62. The lowest BCUT2D eigenvalue weighted by atomic mass is 10.1. The van der Waals surface area contributed by atoms with E-state index in [0.717, 1.165) is 45.0 Å². The summed E-state index contributed by atoms with van der Waals surface area (Å²) in [6.45, 7) is 6.34. The fourth-order valence-electron chi connectivity index (χ4n) is 3.56. The maximum absolute atomic E-state index is 4.34. The molecule has 1 fully saturated rings. The van der Waals surface area contributed by atoms with Crippen LogP contribution in [0.3, 0.4) is 0 Å². The van der Waals surface area contributed by atoms with E-state index in [1.54, 1.807) is 0 Å². The van der Waals surface area contributed by atoms with Gasteiger partial charge >= 0.3 is 0 Å². The molecule has 1 atom stereocenters. The second-order valence-corrected chi connectivity index (χ2v) is 7.19. The zero-order valence-corrected chi connectivity index (χ0v) is 19.1. The maximum Gasteiger partial charge on any atom is 0.190 e. The van der Waals surface area contributed by atoms with E-state index in [1.165, 1.54) is 25.1 Å². The third kappa shape index (κ3) is 7.79. The van der Waals surface area contributed by atoms with Crippen LogP contribution in [0.5, 0.6) is 0 Å². The molecule has 0 bridgehead atoms. The highest BCUT2D eigenvalue weighted by atomic mass is 127. The fraction of sp³-hybridized carbons (Fsp3) is 0.524. The highest BCUT2D eigenvalue weighted by Crippen LogP contribution is 2.15. The molecule has 2 heterocycles. The van der Waals surface area contributed by atoms with E-state index in [2.05, 4.69) is 56.0 Å². The van der Waals surface area contributed by atoms with Crippen molar-refractivity contribution in [2.45, 2.75) is 25.8 Å². The third-order valence-electron chi connectivity index (χ3n) is 5.13. The second kappa shape index (κ2) is 12.8. The number of hydrogen-bond acceptors (Lipinski definition) is 3. The zero-order valence-electron chi connectivity index (χ0n) is 16.8. The quantitative estimate of drug-likeness (QED) is 0.243. The highest BCUT2D eigenvalue weighted by molar-refractivity contribution is 14.0. The van der Waals surface area contributed by atoms with Gasteiger partial charge in [-0.25, -0.2) is 0 Å². The van der Waals surface area contributed by atoms with Crippen molar-refractivity contribution < 1.29 is 0 Å². The Balaban J connectivity index is 0.00000280. The molecular weight excluding hydrogens is 463 g/mol. The number of aryl methyl sites for hydroxylation is 1. The van der Waals surface area contributed by atoms with Crippen LogP contribution in [0, 0.1) is 5.92 Å². The molecule has 1 aromatic carbocycles. The van der Waals surface area contributed by atoms with Crippen molar-refractivity contribution in [2.75, 3.05) is 39.8 Å². The number of hydrogen-bond donors (Lipinski definition) is 2. The van der Waals surface area contributed by atoms with Crippen molar-refractivity contribution >= 4 is 29.9 Å². The van der Waals surface area contributed by atoms with Gasteiger partial charge in [0.05, 0.1) is 0 Å². The lowest BCUT2D eigenvalue weighted by molar-refractivity contribution is 0.328. The molecule has 1 aliphatic heterocycles. The second-order valence-electron chi connectivity index (χ2n) is 7.19.